The number of nitrogens with zero attached hydrogens (tertiary/aromatic N) is 5. The van der Waals surface area contributed by atoms with Crippen molar-refractivity contribution in [2.75, 3.05) is 37.3 Å². The minimum Gasteiger partial charge on any atom is -0.302 e. The van der Waals surface area contributed by atoms with Gasteiger partial charge in [-0.05, 0) is 31.3 Å². The SMILES string of the molecule is CCN(CC)CCN(C(=O)c1cc([N+](=O)[O-])cc([N+](=O)[O-])c1)c1nc2ccc(S(C)(=O)=O)cc2s1.Cl. The number of non-ortho nitro benzene ring substituents is 2. The Hall–Kier alpha value is -3.20. The molecular weight excluding hydrogens is 534 g/mol. The molecule has 0 fully saturated rings. The first-order chi connectivity index (χ1) is 16.4. The molecule has 2 aromatic carbocycles. The number of hydrogen-bond donors (Lipinski definition) is 0. The number of aromatic nitrogens is 1. The predicted molar refractivity (Wildman–Crippen MR) is 139 cm³/mol. The van der Waals surface area contributed by atoms with Crippen molar-refractivity contribution in [3.8, 4) is 0 Å². The molecule has 0 saturated carbocycles. The summed E-state index contributed by atoms with van der Waals surface area (Å²) in [6.07, 6.45) is 1.09. The molecule has 0 bridgehead atoms. The summed E-state index contributed by atoms with van der Waals surface area (Å²) in [5.74, 6) is -0.689. The lowest BCUT2D eigenvalue weighted by atomic mass is 10.1. The van der Waals surface area contributed by atoms with Crippen molar-refractivity contribution in [2.45, 2.75) is 18.7 Å². The van der Waals surface area contributed by atoms with Crippen LogP contribution in [-0.2, 0) is 9.84 Å². The number of carbonyl (C=O) groups excluding carboxylic acids is 1. The zero-order valence-electron chi connectivity index (χ0n) is 19.6. The number of likely N-dealkylation sites (N-methyl/N-ethyl adjacent to an activating group) is 1. The molecule has 36 heavy (non-hydrogen) atoms. The second-order valence-corrected chi connectivity index (χ2v) is 10.7. The number of fused-ring (bicyclic) bond motifs is 1. The molecular formula is C21H24ClN5O7S2. The highest BCUT2D eigenvalue weighted by Crippen LogP contribution is 2.32. The molecule has 0 unspecified atom stereocenters. The molecule has 12 nitrogen and oxygen atoms in total. The van der Waals surface area contributed by atoms with E-state index < -0.39 is 37.0 Å². The number of nitro groups is 2. The predicted octanol–water partition coefficient (Wildman–Crippen LogP) is 3.93. The lowest BCUT2D eigenvalue weighted by molar-refractivity contribution is -0.394. The quantitative estimate of drug-likeness (QED) is 0.266. The number of sulfone groups is 1. The van der Waals surface area contributed by atoms with Gasteiger partial charge >= 0.3 is 0 Å². The number of nitro benzene ring substituents is 2. The summed E-state index contributed by atoms with van der Waals surface area (Å²) in [5.41, 5.74) is -0.897. The third kappa shape index (κ3) is 6.51. The molecule has 0 radical (unpaired) electrons. The van der Waals surface area contributed by atoms with Crippen molar-refractivity contribution in [3.05, 3.63) is 62.2 Å². The van der Waals surface area contributed by atoms with E-state index in [-0.39, 0.29) is 34.5 Å². The zero-order chi connectivity index (χ0) is 25.9. The lowest BCUT2D eigenvalue weighted by Gasteiger charge is -2.24. The maximum Gasteiger partial charge on any atom is 0.277 e. The van der Waals surface area contributed by atoms with Crippen LogP contribution in [0.3, 0.4) is 0 Å². The standard InChI is InChI=1S/C21H23N5O7S2.ClH/c1-4-23(5-2)8-9-24(20(27)14-10-15(25(28)29)12-16(11-14)26(30)31)21-22-18-7-6-17(35(3,32)33)13-19(18)34-21;/h6-7,10-13H,4-5,8-9H2,1-3H3;1H. The number of halogens is 1. The second kappa shape index (κ2) is 11.7. The minimum absolute atomic E-state index is 0. The van der Waals surface area contributed by atoms with Crippen LogP contribution in [0.1, 0.15) is 24.2 Å². The van der Waals surface area contributed by atoms with Crippen molar-refractivity contribution in [1.82, 2.24) is 9.88 Å². The molecule has 1 amide bonds. The van der Waals surface area contributed by atoms with E-state index in [9.17, 15) is 33.4 Å². The van der Waals surface area contributed by atoms with Crippen molar-refractivity contribution in [2.24, 2.45) is 0 Å². The van der Waals surface area contributed by atoms with Crippen LogP contribution in [0.5, 0.6) is 0 Å². The summed E-state index contributed by atoms with van der Waals surface area (Å²) in [5, 5.41) is 22.9. The van der Waals surface area contributed by atoms with Crippen LogP contribution in [0.2, 0.25) is 0 Å². The Balaban J connectivity index is 0.00000456. The summed E-state index contributed by atoms with van der Waals surface area (Å²) in [6.45, 7) is 5.99. The van der Waals surface area contributed by atoms with E-state index in [1.54, 1.807) is 0 Å². The fourth-order valence-electron chi connectivity index (χ4n) is 3.39. The van der Waals surface area contributed by atoms with Crippen LogP contribution in [0, 0.1) is 20.2 Å². The molecule has 1 aromatic heterocycles. The average molecular weight is 558 g/mol. The van der Waals surface area contributed by atoms with Crippen molar-refractivity contribution in [3.63, 3.8) is 0 Å². The Kier molecular flexibility index (Phi) is 9.43. The summed E-state index contributed by atoms with van der Waals surface area (Å²) >= 11 is 1.09. The lowest BCUT2D eigenvalue weighted by Crippen LogP contribution is -2.38. The van der Waals surface area contributed by atoms with Crippen LogP contribution >= 0.6 is 23.7 Å². The topological polar surface area (TPSA) is 157 Å². The van der Waals surface area contributed by atoms with Crippen molar-refractivity contribution in [1.29, 1.82) is 0 Å². The zero-order valence-corrected chi connectivity index (χ0v) is 22.1. The molecule has 194 valence electrons. The van der Waals surface area contributed by atoms with Crippen LogP contribution < -0.4 is 4.90 Å². The maximum atomic E-state index is 13.5. The fraction of sp³-hybridized carbons (Fsp3) is 0.333. The van der Waals surface area contributed by atoms with Crippen LogP contribution in [0.4, 0.5) is 16.5 Å². The van der Waals surface area contributed by atoms with Gasteiger partial charge in [0.2, 0.25) is 0 Å². The minimum atomic E-state index is -3.45. The van der Waals surface area contributed by atoms with Gasteiger partial charge in [0, 0.05) is 31.5 Å². The molecule has 0 N–H and O–H groups in total. The first-order valence-electron chi connectivity index (χ1n) is 10.5. The molecule has 3 aromatic rings. The van der Waals surface area contributed by atoms with Gasteiger partial charge in [0.15, 0.2) is 15.0 Å². The molecule has 0 aliphatic rings. The Labute approximate surface area is 217 Å². The number of amides is 1. The smallest absolute Gasteiger partial charge is 0.277 e. The summed E-state index contributed by atoms with van der Waals surface area (Å²) < 4.78 is 24.4. The number of thiazole rings is 1. The first kappa shape index (κ1) is 29.0. The van der Waals surface area contributed by atoms with Gasteiger partial charge in [0.25, 0.3) is 17.3 Å². The Morgan fingerprint density at radius 2 is 1.58 bits per heavy atom. The van der Waals surface area contributed by atoms with Gasteiger partial charge < -0.3 is 4.90 Å². The Morgan fingerprint density at radius 1 is 1.00 bits per heavy atom. The Bertz CT molecular complexity index is 1370. The van der Waals surface area contributed by atoms with E-state index in [0.29, 0.717) is 16.8 Å². The van der Waals surface area contributed by atoms with E-state index in [1.165, 1.54) is 23.1 Å². The van der Waals surface area contributed by atoms with E-state index in [1.807, 2.05) is 13.8 Å². The molecule has 1 heterocycles. The molecule has 0 saturated heterocycles. The van der Waals surface area contributed by atoms with Gasteiger partial charge in [-0.1, -0.05) is 25.2 Å². The fourth-order valence-corrected chi connectivity index (χ4v) is 5.14. The van der Waals surface area contributed by atoms with Crippen molar-refractivity contribution < 1.29 is 23.1 Å². The van der Waals surface area contributed by atoms with Gasteiger partial charge in [-0.15, -0.1) is 12.4 Å². The van der Waals surface area contributed by atoms with Crippen molar-refractivity contribution >= 4 is 66.2 Å². The number of rotatable bonds is 10. The summed E-state index contributed by atoms with van der Waals surface area (Å²) in [4.78, 5) is 42.5. The Morgan fingerprint density at radius 3 is 2.08 bits per heavy atom. The number of benzene rings is 2. The monoisotopic (exact) mass is 557 g/mol. The van der Waals surface area contributed by atoms with Gasteiger partial charge in [-0.2, -0.15) is 0 Å². The van der Waals surface area contributed by atoms with Crippen LogP contribution in [0.25, 0.3) is 10.2 Å². The molecule has 15 heteroatoms. The molecule has 3 rings (SSSR count). The van der Waals surface area contributed by atoms with E-state index in [4.69, 9.17) is 0 Å². The van der Waals surface area contributed by atoms with Gasteiger partial charge in [-0.25, -0.2) is 13.4 Å². The van der Waals surface area contributed by atoms with Crippen LogP contribution in [-0.4, -0.2) is 66.5 Å². The molecule has 0 atom stereocenters. The van der Waals surface area contributed by atoms with Crippen LogP contribution in [0.15, 0.2) is 41.3 Å². The van der Waals surface area contributed by atoms with Gasteiger partial charge in [0.05, 0.1) is 36.6 Å². The highest BCUT2D eigenvalue weighted by atomic mass is 35.5. The van der Waals surface area contributed by atoms with E-state index in [2.05, 4.69) is 9.88 Å². The second-order valence-electron chi connectivity index (χ2n) is 7.63. The van der Waals surface area contributed by atoms with E-state index in [0.717, 1.165) is 48.9 Å². The third-order valence-electron chi connectivity index (χ3n) is 5.36. The largest absolute Gasteiger partial charge is 0.302 e. The van der Waals surface area contributed by atoms with Gasteiger partial charge in [0.1, 0.15) is 0 Å². The van der Waals surface area contributed by atoms with Gasteiger partial charge in [-0.3, -0.25) is 29.9 Å². The first-order valence-corrected chi connectivity index (χ1v) is 13.2. The number of carbonyl (C=O) groups is 1. The molecule has 0 spiro atoms. The summed E-state index contributed by atoms with van der Waals surface area (Å²) in [6, 6.07) is 7.21. The highest BCUT2D eigenvalue weighted by Gasteiger charge is 2.26. The normalized spacial score (nSPS) is 11.3. The summed E-state index contributed by atoms with van der Waals surface area (Å²) in [7, 11) is -3.45. The highest BCUT2D eigenvalue weighted by molar-refractivity contribution is 7.90. The molecule has 0 aliphatic carbocycles. The number of hydrogen-bond acceptors (Lipinski definition) is 10. The van der Waals surface area contributed by atoms with E-state index >= 15 is 0 Å². The molecule has 0 aliphatic heterocycles. The maximum absolute atomic E-state index is 13.5. The average Bonchev–Trinajstić information content (AvgIpc) is 3.23. The third-order valence-corrected chi connectivity index (χ3v) is 7.51. The number of anilines is 1.